The van der Waals surface area contributed by atoms with Crippen LogP contribution in [0.5, 0.6) is 0 Å². The van der Waals surface area contributed by atoms with Gasteiger partial charge in [0.15, 0.2) is 0 Å². The molecule has 0 aliphatic carbocycles. The number of piperazine rings is 1. The zero-order valence-corrected chi connectivity index (χ0v) is 10.7. The van der Waals surface area contributed by atoms with Crippen molar-refractivity contribution in [3.63, 3.8) is 0 Å². The molecule has 1 atom stereocenters. The summed E-state index contributed by atoms with van der Waals surface area (Å²) >= 11 is 0. The van der Waals surface area contributed by atoms with Crippen LogP contribution in [-0.2, 0) is 11.3 Å². The SMILES string of the molecule is CC1CNCCN1C(=O)CCn1ccnn1.Cl. The molecule has 2 heterocycles. The maximum atomic E-state index is 11.9. The molecule has 0 saturated carbocycles. The Hall–Kier alpha value is -1.14. The number of carbonyl (C=O) groups excluding carboxylic acids is 1. The fraction of sp³-hybridized carbons (Fsp3) is 0.700. The van der Waals surface area contributed by atoms with Crippen molar-refractivity contribution in [2.45, 2.75) is 25.9 Å². The van der Waals surface area contributed by atoms with Crippen LogP contribution >= 0.6 is 12.4 Å². The van der Waals surface area contributed by atoms with E-state index in [1.165, 1.54) is 0 Å². The van der Waals surface area contributed by atoms with Crippen molar-refractivity contribution < 1.29 is 4.79 Å². The van der Waals surface area contributed by atoms with Gasteiger partial charge in [0.05, 0.1) is 12.7 Å². The molecule has 17 heavy (non-hydrogen) atoms. The maximum absolute atomic E-state index is 11.9. The number of carbonyl (C=O) groups is 1. The van der Waals surface area contributed by atoms with Crippen LogP contribution in [0.3, 0.4) is 0 Å². The monoisotopic (exact) mass is 259 g/mol. The molecule has 1 fully saturated rings. The van der Waals surface area contributed by atoms with Crippen LogP contribution in [0, 0.1) is 0 Å². The lowest BCUT2D eigenvalue weighted by atomic mass is 10.2. The van der Waals surface area contributed by atoms with Gasteiger partial charge >= 0.3 is 0 Å². The smallest absolute Gasteiger partial charge is 0.224 e. The molecule has 96 valence electrons. The van der Waals surface area contributed by atoms with Gasteiger partial charge in [-0.25, -0.2) is 0 Å². The van der Waals surface area contributed by atoms with E-state index < -0.39 is 0 Å². The molecule has 1 saturated heterocycles. The predicted molar refractivity (Wildman–Crippen MR) is 65.9 cm³/mol. The van der Waals surface area contributed by atoms with Crippen molar-refractivity contribution in [1.29, 1.82) is 0 Å². The van der Waals surface area contributed by atoms with E-state index in [1.54, 1.807) is 17.1 Å². The summed E-state index contributed by atoms with van der Waals surface area (Å²) in [6, 6.07) is 0.289. The fourth-order valence-electron chi connectivity index (χ4n) is 1.92. The van der Waals surface area contributed by atoms with Gasteiger partial charge in [0, 0.05) is 38.3 Å². The molecule has 1 N–H and O–H groups in total. The molecule has 2 rings (SSSR count). The number of nitrogens with one attached hydrogen (secondary N) is 1. The minimum absolute atomic E-state index is 0. The van der Waals surface area contributed by atoms with E-state index in [2.05, 4.69) is 22.6 Å². The zero-order valence-electron chi connectivity index (χ0n) is 9.87. The number of nitrogens with zero attached hydrogens (tertiary/aromatic N) is 4. The van der Waals surface area contributed by atoms with Gasteiger partial charge < -0.3 is 10.2 Å². The van der Waals surface area contributed by atoms with Gasteiger partial charge in [-0.05, 0) is 6.92 Å². The molecule has 7 heteroatoms. The van der Waals surface area contributed by atoms with Crippen LogP contribution in [0.15, 0.2) is 12.4 Å². The first kappa shape index (κ1) is 13.9. The van der Waals surface area contributed by atoms with Crippen molar-refractivity contribution in [3.05, 3.63) is 12.4 Å². The minimum atomic E-state index is 0. The minimum Gasteiger partial charge on any atom is -0.337 e. The van der Waals surface area contributed by atoms with E-state index in [0.29, 0.717) is 13.0 Å². The summed E-state index contributed by atoms with van der Waals surface area (Å²) in [6.45, 7) is 5.25. The molecule has 1 aliphatic rings. The van der Waals surface area contributed by atoms with Gasteiger partial charge in [-0.15, -0.1) is 17.5 Å². The molecule has 0 bridgehead atoms. The molecular formula is C10H18ClN5O. The molecule has 0 aromatic carbocycles. The second-order valence-corrected chi connectivity index (χ2v) is 4.06. The molecule has 1 aliphatic heterocycles. The largest absolute Gasteiger partial charge is 0.337 e. The van der Waals surface area contributed by atoms with E-state index in [-0.39, 0.29) is 24.4 Å². The van der Waals surface area contributed by atoms with Crippen molar-refractivity contribution in [2.24, 2.45) is 0 Å². The van der Waals surface area contributed by atoms with Gasteiger partial charge in [0.2, 0.25) is 5.91 Å². The van der Waals surface area contributed by atoms with Crippen molar-refractivity contribution >= 4 is 18.3 Å². The normalized spacial score (nSPS) is 19.8. The maximum Gasteiger partial charge on any atom is 0.224 e. The van der Waals surface area contributed by atoms with Gasteiger partial charge in [0.25, 0.3) is 0 Å². The summed E-state index contributed by atoms with van der Waals surface area (Å²) in [6.07, 6.45) is 3.89. The van der Waals surface area contributed by atoms with Crippen LogP contribution < -0.4 is 5.32 Å². The first-order chi connectivity index (χ1) is 7.77. The Labute approximate surface area is 107 Å². The molecular weight excluding hydrogens is 242 g/mol. The molecule has 6 nitrogen and oxygen atoms in total. The Morgan fingerprint density at radius 1 is 1.59 bits per heavy atom. The highest BCUT2D eigenvalue weighted by atomic mass is 35.5. The lowest BCUT2D eigenvalue weighted by molar-refractivity contribution is -0.134. The van der Waals surface area contributed by atoms with Gasteiger partial charge in [-0.2, -0.15) is 0 Å². The second-order valence-electron chi connectivity index (χ2n) is 4.06. The van der Waals surface area contributed by atoms with Crippen molar-refractivity contribution in [1.82, 2.24) is 25.2 Å². The average Bonchev–Trinajstić information content (AvgIpc) is 2.79. The zero-order chi connectivity index (χ0) is 11.4. The number of hydrogen-bond donors (Lipinski definition) is 1. The second kappa shape index (κ2) is 6.56. The van der Waals surface area contributed by atoms with Gasteiger partial charge in [-0.1, -0.05) is 5.21 Å². The Morgan fingerprint density at radius 2 is 2.41 bits per heavy atom. The lowest BCUT2D eigenvalue weighted by Gasteiger charge is -2.34. The number of rotatable bonds is 3. The molecule has 0 radical (unpaired) electrons. The first-order valence-electron chi connectivity index (χ1n) is 5.61. The number of aryl methyl sites for hydroxylation is 1. The fourth-order valence-corrected chi connectivity index (χ4v) is 1.92. The molecule has 1 aromatic heterocycles. The third-order valence-electron chi connectivity index (χ3n) is 2.85. The number of amides is 1. The van der Waals surface area contributed by atoms with Crippen LogP contribution in [0.4, 0.5) is 0 Å². The highest BCUT2D eigenvalue weighted by molar-refractivity contribution is 5.85. The molecule has 1 aromatic rings. The molecule has 1 amide bonds. The third kappa shape index (κ3) is 3.67. The van der Waals surface area contributed by atoms with Crippen LogP contribution in [0.2, 0.25) is 0 Å². The summed E-state index contributed by atoms with van der Waals surface area (Å²) < 4.78 is 1.69. The average molecular weight is 260 g/mol. The summed E-state index contributed by atoms with van der Waals surface area (Å²) in [5.41, 5.74) is 0. The van der Waals surface area contributed by atoms with E-state index >= 15 is 0 Å². The summed E-state index contributed by atoms with van der Waals surface area (Å²) in [5, 5.41) is 10.8. The van der Waals surface area contributed by atoms with E-state index in [1.807, 2.05) is 4.90 Å². The van der Waals surface area contributed by atoms with Crippen molar-refractivity contribution in [2.75, 3.05) is 19.6 Å². The topological polar surface area (TPSA) is 63.1 Å². The van der Waals surface area contributed by atoms with E-state index in [0.717, 1.165) is 19.6 Å². The number of halogens is 1. The molecule has 0 spiro atoms. The lowest BCUT2D eigenvalue weighted by Crippen LogP contribution is -2.52. The first-order valence-corrected chi connectivity index (χ1v) is 5.61. The summed E-state index contributed by atoms with van der Waals surface area (Å²) in [5.74, 6) is 0.199. The summed E-state index contributed by atoms with van der Waals surface area (Å²) in [4.78, 5) is 13.9. The standard InChI is InChI=1S/C10H17N5O.ClH/c1-9-8-11-3-7-15(9)10(16)2-5-14-6-4-12-13-14;/h4,6,9,11H,2-3,5,7-8H2,1H3;1H. The van der Waals surface area contributed by atoms with Crippen LogP contribution in [0.1, 0.15) is 13.3 Å². The quantitative estimate of drug-likeness (QED) is 0.824. The number of aromatic nitrogens is 3. The highest BCUT2D eigenvalue weighted by Gasteiger charge is 2.22. The Morgan fingerprint density at radius 3 is 3.06 bits per heavy atom. The highest BCUT2D eigenvalue weighted by Crippen LogP contribution is 2.05. The van der Waals surface area contributed by atoms with Crippen molar-refractivity contribution in [3.8, 4) is 0 Å². The third-order valence-corrected chi connectivity index (χ3v) is 2.85. The number of hydrogen-bond acceptors (Lipinski definition) is 4. The van der Waals surface area contributed by atoms with Crippen LogP contribution in [0.25, 0.3) is 0 Å². The van der Waals surface area contributed by atoms with E-state index in [9.17, 15) is 4.79 Å². The van der Waals surface area contributed by atoms with Gasteiger partial charge in [-0.3, -0.25) is 9.48 Å². The van der Waals surface area contributed by atoms with Gasteiger partial charge in [0.1, 0.15) is 0 Å². The predicted octanol–water partition coefficient (Wildman–Crippen LogP) is -0.0897. The Bertz CT molecular complexity index is 342. The van der Waals surface area contributed by atoms with Crippen LogP contribution in [-0.4, -0.2) is 51.5 Å². The summed E-state index contributed by atoms with van der Waals surface area (Å²) in [7, 11) is 0. The van der Waals surface area contributed by atoms with E-state index in [4.69, 9.17) is 0 Å². The molecule has 1 unspecified atom stereocenters. The Kier molecular flexibility index (Phi) is 5.37. The Balaban J connectivity index is 0.00000144.